The molecule has 0 aliphatic heterocycles. The first-order chi connectivity index (χ1) is 10.5. The SMILES string of the molecule is CCCCOCCOC(=O)Cn1c(C)c([N+](=O)[O-])ccc1=O. The maximum Gasteiger partial charge on any atom is 0.326 e. The number of rotatable bonds is 9. The van der Waals surface area contributed by atoms with E-state index in [2.05, 4.69) is 0 Å². The minimum atomic E-state index is -0.634. The summed E-state index contributed by atoms with van der Waals surface area (Å²) in [4.78, 5) is 33.6. The van der Waals surface area contributed by atoms with Gasteiger partial charge in [0.05, 0.1) is 17.2 Å². The molecule has 0 spiro atoms. The van der Waals surface area contributed by atoms with Crippen LogP contribution < -0.4 is 5.56 Å². The van der Waals surface area contributed by atoms with Crippen LogP contribution in [0.2, 0.25) is 0 Å². The second-order valence-electron chi connectivity index (χ2n) is 4.67. The van der Waals surface area contributed by atoms with Gasteiger partial charge in [-0.15, -0.1) is 0 Å². The molecule has 1 heterocycles. The highest BCUT2D eigenvalue weighted by Crippen LogP contribution is 2.14. The Hall–Kier alpha value is -2.22. The Morgan fingerprint density at radius 2 is 2.05 bits per heavy atom. The highest BCUT2D eigenvalue weighted by molar-refractivity contribution is 5.69. The van der Waals surface area contributed by atoms with E-state index >= 15 is 0 Å². The second-order valence-corrected chi connectivity index (χ2v) is 4.67. The predicted octanol–water partition coefficient (Wildman–Crippen LogP) is 1.42. The van der Waals surface area contributed by atoms with Gasteiger partial charge in [0.2, 0.25) is 0 Å². The first-order valence-corrected chi connectivity index (χ1v) is 7.05. The van der Waals surface area contributed by atoms with Crippen molar-refractivity contribution in [3.05, 3.63) is 38.3 Å². The number of unbranched alkanes of at least 4 members (excludes halogenated alkanes) is 1. The minimum absolute atomic E-state index is 0.0886. The van der Waals surface area contributed by atoms with Gasteiger partial charge in [0.25, 0.3) is 11.2 Å². The summed E-state index contributed by atoms with van der Waals surface area (Å²) in [5.41, 5.74) is -0.580. The number of carbonyl (C=O) groups excluding carboxylic acids is 1. The fourth-order valence-corrected chi connectivity index (χ4v) is 1.79. The molecular weight excluding hydrogens is 292 g/mol. The minimum Gasteiger partial charge on any atom is -0.462 e. The summed E-state index contributed by atoms with van der Waals surface area (Å²) in [5.74, 6) is -0.634. The van der Waals surface area contributed by atoms with Gasteiger partial charge in [-0.1, -0.05) is 13.3 Å². The predicted molar refractivity (Wildman–Crippen MR) is 78.8 cm³/mol. The van der Waals surface area contributed by atoms with Crippen LogP contribution >= 0.6 is 0 Å². The molecule has 22 heavy (non-hydrogen) atoms. The summed E-state index contributed by atoms with van der Waals surface area (Å²) in [6.07, 6.45) is 1.96. The van der Waals surface area contributed by atoms with Crippen molar-refractivity contribution >= 4 is 11.7 Å². The standard InChI is InChI=1S/C14H20N2O6/c1-3-4-7-21-8-9-22-14(18)10-15-11(2)12(16(19)20)5-6-13(15)17/h5-6H,3-4,7-10H2,1-2H3. The Labute approximate surface area is 127 Å². The Bertz CT molecular complexity index is 581. The van der Waals surface area contributed by atoms with Gasteiger partial charge >= 0.3 is 5.97 Å². The monoisotopic (exact) mass is 312 g/mol. The zero-order valence-corrected chi connectivity index (χ0v) is 12.7. The van der Waals surface area contributed by atoms with Crippen LogP contribution in [-0.4, -0.2) is 35.3 Å². The molecule has 0 amide bonds. The zero-order valence-electron chi connectivity index (χ0n) is 12.7. The van der Waals surface area contributed by atoms with Gasteiger partial charge in [0, 0.05) is 18.7 Å². The van der Waals surface area contributed by atoms with Crippen molar-refractivity contribution < 1.29 is 19.2 Å². The Morgan fingerprint density at radius 3 is 2.68 bits per heavy atom. The fraction of sp³-hybridized carbons (Fsp3) is 0.571. The van der Waals surface area contributed by atoms with E-state index in [4.69, 9.17) is 9.47 Å². The molecule has 8 nitrogen and oxygen atoms in total. The molecule has 0 fully saturated rings. The molecule has 0 saturated carbocycles. The van der Waals surface area contributed by atoms with Gasteiger partial charge in [-0.05, 0) is 13.3 Å². The lowest BCUT2D eigenvalue weighted by Gasteiger charge is -2.10. The quantitative estimate of drug-likeness (QED) is 0.296. The van der Waals surface area contributed by atoms with E-state index in [0.29, 0.717) is 6.61 Å². The average Bonchev–Trinajstić information content (AvgIpc) is 2.46. The smallest absolute Gasteiger partial charge is 0.326 e. The van der Waals surface area contributed by atoms with E-state index in [9.17, 15) is 19.7 Å². The van der Waals surface area contributed by atoms with Crippen LogP contribution in [0.4, 0.5) is 5.69 Å². The third-order valence-corrected chi connectivity index (χ3v) is 3.04. The van der Waals surface area contributed by atoms with Gasteiger partial charge in [-0.25, -0.2) is 0 Å². The van der Waals surface area contributed by atoms with E-state index in [0.717, 1.165) is 29.5 Å². The van der Waals surface area contributed by atoms with E-state index in [1.165, 1.54) is 6.92 Å². The third kappa shape index (κ3) is 5.28. The molecule has 0 radical (unpaired) electrons. The van der Waals surface area contributed by atoms with Crippen LogP contribution in [0.25, 0.3) is 0 Å². The summed E-state index contributed by atoms with van der Waals surface area (Å²) < 4.78 is 11.2. The van der Waals surface area contributed by atoms with E-state index in [1.807, 2.05) is 6.92 Å². The largest absolute Gasteiger partial charge is 0.462 e. The number of carbonyl (C=O) groups is 1. The van der Waals surface area contributed by atoms with Crippen molar-refractivity contribution in [2.75, 3.05) is 19.8 Å². The molecule has 1 aromatic heterocycles. The lowest BCUT2D eigenvalue weighted by molar-refractivity contribution is -0.386. The number of hydrogen-bond acceptors (Lipinski definition) is 6. The van der Waals surface area contributed by atoms with E-state index in [-0.39, 0.29) is 31.1 Å². The highest BCUT2D eigenvalue weighted by Gasteiger charge is 2.17. The first-order valence-electron chi connectivity index (χ1n) is 7.05. The summed E-state index contributed by atoms with van der Waals surface area (Å²) >= 11 is 0. The molecule has 0 aliphatic rings. The molecule has 0 bridgehead atoms. The van der Waals surface area contributed by atoms with Gasteiger partial charge < -0.3 is 9.47 Å². The Morgan fingerprint density at radius 1 is 1.32 bits per heavy atom. The molecule has 0 atom stereocenters. The van der Waals surface area contributed by atoms with Gasteiger partial charge in [0.15, 0.2) is 0 Å². The normalized spacial score (nSPS) is 10.5. The van der Waals surface area contributed by atoms with Crippen LogP contribution in [0.3, 0.4) is 0 Å². The second kappa shape index (κ2) is 8.93. The van der Waals surface area contributed by atoms with Gasteiger partial charge in [-0.3, -0.25) is 24.3 Å². The Kier molecular flexibility index (Phi) is 7.24. The molecular formula is C14H20N2O6. The average molecular weight is 312 g/mol. The number of pyridine rings is 1. The Balaban J connectivity index is 2.56. The van der Waals surface area contributed by atoms with Crippen LogP contribution in [0.1, 0.15) is 25.5 Å². The van der Waals surface area contributed by atoms with Crippen molar-refractivity contribution in [3.8, 4) is 0 Å². The molecule has 1 rings (SSSR count). The van der Waals surface area contributed by atoms with Crippen molar-refractivity contribution in [2.45, 2.75) is 33.2 Å². The van der Waals surface area contributed by atoms with E-state index < -0.39 is 16.5 Å². The highest BCUT2D eigenvalue weighted by atomic mass is 16.6. The van der Waals surface area contributed by atoms with E-state index in [1.54, 1.807) is 0 Å². The van der Waals surface area contributed by atoms with Crippen LogP contribution in [0, 0.1) is 17.0 Å². The van der Waals surface area contributed by atoms with Gasteiger partial charge in [-0.2, -0.15) is 0 Å². The maximum absolute atomic E-state index is 11.7. The number of hydrogen-bond donors (Lipinski definition) is 0. The molecule has 0 saturated heterocycles. The number of nitrogens with zero attached hydrogens (tertiary/aromatic N) is 2. The lowest BCUT2D eigenvalue weighted by atomic mass is 10.3. The van der Waals surface area contributed by atoms with Crippen molar-refractivity contribution in [2.24, 2.45) is 0 Å². The molecule has 1 aromatic rings. The first kappa shape index (κ1) is 17.8. The fourth-order valence-electron chi connectivity index (χ4n) is 1.79. The van der Waals surface area contributed by atoms with Crippen molar-refractivity contribution in [1.29, 1.82) is 0 Å². The summed E-state index contributed by atoms with van der Waals surface area (Å²) in [6, 6.07) is 2.19. The lowest BCUT2D eigenvalue weighted by Crippen LogP contribution is -2.27. The summed E-state index contributed by atoms with van der Waals surface area (Å²) in [5, 5.41) is 10.8. The van der Waals surface area contributed by atoms with Crippen molar-refractivity contribution in [1.82, 2.24) is 4.57 Å². The van der Waals surface area contributed by atoms with Crippen LogP contribution in [0.5, 0.6) is 0 Å². The molecule has 122 valence electrons. The van der Waals surface area contributed by atoms with Crippen molar-refractivity contribution in [3.63, 3.8) is 0 Å². The zero-order chi connectivity index (χ0) is 16.5. The summed E-state index contributed by atoms with van der Waals surface area (Å²) in [6.45, 7) is 4.09. The summed E-state index contributed by atoms with van der Waals surface area (Å²) in [7, 11) is 0. The molecule has 0 aliphatic carbocycles. The topological polar surface area (TPSA) is 101 Å². The molecule has 0 unspecified atom stereocenters. The number of aromatic nitrogens is 1. The van der Waals surface area contributed by atoms with Crippen LogP contribution in [-0.2, 0) is 20.8 Å². The molecule has 0 aromatic carbocycles. The molecule has 8 heteroatoms. The number of ether oxygens (including phenoxy) is 2. The maximum atomic E-state index is 11.7. The molecule has 0 N–H and O–H groups in total. The van der Waals surface area contributed by atoms with Crippen LogP contribution in [0.15, 0.2) is 16.9 Å². The third-order valence-electron chi connectivity index (χ3n) is 3.04. The van der Waals surface area contributed by atoms with Gasteiger partial charge in [0.1, 0.15) is 13.2 Å². The number of nitro groups is 1. The number of esters is 1.